The third-order valence-electron chi connectivity index (χ3n) is 3.21. The lowest BCUT2D eigenvalue weighted by Crippen LogP contribution is -2.29. The van der Waals surface area contributed by atoms with Gasteiger partial charge in [0.1, 0.15) is 11.5 Å². The number of benzene rings is 2. The topological polar surface area (TPSA) is 55.8 Å². The molecule has 0 bridgehead atoms. The van der Waals surface area contributed by atoms with Gasteiger partial charge in [-0.05, 0) is 48.9 Å². The Balaban J connectivity index is 1.97. The highest BCUT2D eigenvalue weighted by Gasteiger charge is 2.20. The third kappa shape index (κ3) is 5.20. The summed E-state index contributed by atoms with van der Waals surface area (Å²) in [5, 5.41) is 10.7. The van der Waals surface area contributed by atoms with E-state index in [9.17, 15) is 9.90 Å². The number of carboxylic acids is 1. The van der Waals surface area contributed by atoms with Gasteiger partial charge in [-0.1, -0.05) is 34.8 Å². The van der Waals surface area contributed by atoms with Crippen molar-refractivity contribution in [1.29, 1.82) is 0 Å². The molecule has 1 N–H and O–H groups in total. The Morgan fingerprint density at radius 2 is 1.71 bits per heavy atom. The van der Waals surface area contributed by atoms with Gasteiger partial charge in [-0.25, -0.2) is 4.79 Å². The number of carbonyl (C=O) groups is 1. The molecule has 4 nitrogen and oxygen atoms in total. The predicted octanol–water partition coefficient (Wildman–Crippen LogP) is 5.26. The van der Waals surface area contributed by atoms with Crippen LogP contribution in [0.2, 0.25) is 15.1 Å². The second-order valence-electron chi connectivity index (χ2n) is 5.07. The van der Waals surface area contributed by atoms with Crippen molar-refractivity contribution in [3.05, 3.63) is 57.0 Å². The summed E-state index contributed by atoms with van der Waals surface area (Å²) in [4.78, 5) is 11.4. The van der Waals surface area contributed by atoms with Crippen molar-refractivity contribution in [2.75, 3.05) is 6.61 Å². The fourth-order valence-electron chi connectivity index (χ4n) is 2.00. The molecule has 24 heavy (non-hydrogen) atoms. The van der Waals surface area contributed by atoms with E-state index in [-0.39, 0.29) is 13.0 Å². The first-order valence-corrected chi connectivity index (χ1v) is 8.23. The number of ether oxygens (including phenoxy) is 2. The van der Waals surface area contributed by atoms with Crippen LogP contribution in [-0.2, 0) is 4.79 Å². The summed E-state index contributed by atoms with van der Waals surface area (Å²) in [6, 6.07) is 9.83. The maximum absolute atomic E-state index is 11.4. The molecule has 2 rings (SSSR count). The summed E-state index contributed by atoms with van der Waals surface area (Å²) in [5.74, 6) is -0.167. The highest BCUT2D eigenvalue weighted by molar-refractivity contribution is 6.35. The highest BCUT2D eigenvalue weighted by atomic mass is 35.5. The van der Waals surface area contributed by atoms with E-state index in [4.69, 9.17) is 44.3 Å². The van der Waals surface area contributed by atoms with Crippen LogP contribution >= 0.6 is 34.8 Å². The maximum Gasteiger partial charge on any atom is 0.345 e. The normalized spacial score (nSPS) is 11.8. The fourth-order valence-corrected chi connectivity index (χ4v) is 2.69. The molecule has 0 spiro atoms. The Bertz CT molecular complexity index is 734. The van der Waals surface area contributed by atoms with Crippen molar-refractivity contribution >= 4 is 40.8 Å². The fraction of sp³-hybridized carbons (Fsp3) is 0.235. The molecule has 1 atom stereocenters. The van der Waals surface area contributed by atoms with E-state index in [0.29, 0.717) is 26.6 Å². The van der Waals surface area contributed by atoms with Gasteiger partial charge in [0, 0.05) is 16.5 Å². The molecular weight excluding hydrogens is 375 g/mol. The van der Waals surface area contributed by atoms with Gasteiger partial charge in [0.25, 0.3) is 0 Å². The van der Waals surface area contributed by atoms with Crippen molar-refractivity contribution in [3.63, 3.8) is 0 Å². The summed E-state index contributed by atoms with van der Waals surface area (Å²) in [5.41, 5.74) is 0.760. The van der Waals surface area contributed by atoms with Crippen LogP contribution < -0.4 is 9.47 Å². The molecule has 2 aromatic rings. The molecule has 0 heterocycles. The van der Waals surface area contributed by atoms with E-state index in [2.05, 4.69) is 0 Å². The second-order valence-corrected chi connectivity index (χ2v) is 6.35. The van der Waals surface area contributed by atoms with Gasteiger partial charge in [-0.15, -0.1) is 0 Å². The molecule has 0 aliphatic heterocycles. The number of carboxylic acid groups (broad SMARTS) is 1. The average Bonchev–Trinajstić information content (AvgIpc) is 2.50. The Morgan fingerprint density at radius 3 is 2.29 bits per heavy atom. The zero-order chi connectivity index (χ0) is 17.7. The number of hydrogen-bond acceptors (Lipinski definition) is 3. The Kier molecular flexibility index (Phi) is 6.60. The first kappa shape index (κ1) is 18.7. The van der Waals surface area contributed by atoms with Gasteiger partial charge in [-0.3, -0.25) is 0 Å². The zero-order valence-electron chi connectivity index (χ0n) is 12.8. The van der Waals surface area contributed by atoms with E-state index in [0.717, 1.165) is 5.56 Å². The van der Waals surface area contributed by atoms with Crippen LogP contribution in [0.25, 0.3) is 0 Å². The van der Waals surface area contributed by atoms with Crippen molar-refractivity contribution in [3.8, 4) is 11.5 Å². The first-order valence-electron chi connectivity index (χ1n) is 7.10. The molecule has 7 heteroatoms. The minimum atomic E-state index is -1.07. The lowest BCUT2D eigenvalue weighted by atomic mass is 10.2. The number of rotatable bonds is 7. The Morgan fingerprint density at radius 1 is 1.08 bits per heavy atom. The van der Waals surface area contributed by atoms with E-state index < -0.39 is 12.1 Å². The molecule has 1 unspecified atom stereocenters. The van der Waals surface area contributed by atoms with Crippen LogP contribution in [0.3, 0.4) is 0 Å². The molecule has 0 aliphatic rings. The predicted molar refractivity (Wildman–Crippen MR) is 94.8 cm³/mol. The lowest BCUT2D eigenvalue weighted by molar-refractivity contribution is -0.145. The van der Waals surface area contributed by atoms with Gasteiger partial charge in [0.05, 0.1) is 11.6 Å². The zero-order valence-corrected chi connectivity index (χ0v) is 15.0. The number of aryl methyl sites for hydroxylation is 1. The van der Waals surface area contributed by atoms with Crippen LogP contribution in [0.15, 0.2) is 36.4 Å². The summed E-state index contributed by atoms with van der Waals surface area (Å²) >= 11 is 17.7. The van der Waals surface area contributed by atoms with E-state index in [1.807, 2.05) is 0 Å². The SMILES string of the molecule is Cc1cc(Cl)ccc1OC(CCOc1ccc(Cl)cc1Cl)C(=O)O. The van der Waals surface area contributed by atoms with Crippen molar-refractivity contribution in [2.45, 2.75) is 19.4 Å². The standard InChI is InChI=1S/C17H15Cl3O4/c1-10-8-11(18)2-4-14(10)24-16(17(21)22)6-7-23-15-5-3-12(19)9-13(15)20/h2-5,8-9,16H,6-7H2,1H3,(H,21,22). The quantitative estimate of drug-likeness (QED) is 0.702. The average molecular weight is 390 g/mol. The summed E-state index contributed by atoms with van der Waals surface area (Å²) in [7, 11) is 0. The van der Waals surface area contributed by atoms with E-state index >= 15 is 0 Å². The molecule has 0 aromatic heterocycles. The van der Waals surface area contributed by atoms with Gasteiger partial charge >= 0.3 is 5.97 Å². The Labute approximate surface area is 154 Å². The number of halogens is 3. The highest BCUT2D eigenvalue weighted by Crippen LogP contribution is 2.28. The molecule has 0 aliphatic carbocycles. The molecule has 2 aromatic carbocycles. The van der Waals surface area contributed by atoms with Gasteiger partial charge in [0.2, 0.25) is 0 Å². The van der Waals surface area contributed by atoms with Crippen LogP contribution in [0.1, 0.15) is 12.0 Å². The molecule has 0 saturated carbocycles. The van der Waals surface area contributed by atoms with Gasteiger partial charge in [-0.2, -0.15) is 0 Å². The minimum Gasteiger partial charge on any atom is -0.492 e. The van der Waals surface area contributed by atoms with Crippen molar-refractivity contribution in [2.24, 2.45) is 0 Å². The van der Waals surface area contributed by atoms with Crippen LogP contribution in [-0.4, -0.2) is 23.8 Å². The number of aliphatic carboxylic acids is 1. The largest absolute Gasteiger partial charge is 0.492 e. The molecule has 0 saturated heterocycles. The lowest BCUT2D eigenvalue weighted by Gasteiger charge is -2.17. The summed E-state index contributed by atoms with van der Waals surface area (Å²) < 4.78 is 11.1. The molecule has 0 amide bonds. The van der Waals surface area contributed by atoms with Crippen molar-refractivity contribution in [1.82, 2.24) is 0 Å². The smallest absolute Gasteiger partial charge is 0.345 e. The molecule has 0 fully saturated rings. The maximum atomic E-state index is 11.4. The first-order chi connectivity index (χ1) is 11.4. The minimum absolute atomic E-state index is 0.130. The monoisotopic (exact) mass is 388 g/mol. The van der Waals surface area contributed by atoms with Crippen LogP contribution in [0.5, 0.6) is 11.5 Å². The molecular formula is C17H15Cl3O4. The Hall–Kier alpha value is -1.62. The van der Waals surface area contributed by atoms with Crippen LogP contribution in [0.4, 0.5) is 0 Å². The van der Waals surface area contributed by atoms with Crippen molar-refractivity contribution < 1.29 is 19.4 Å². The summed E-state index contributed by atoms with van der Waals surface area (Å²) in [6.45, 7) is 1.93. The summed E-state index contributed by atoms with van der Waals surface area (Å²) in [6.07, 6.45) is -0.896. The molecule has 0 radical (unpaired) electrons. The molecule has 128 valence electrons. The van der Waals surface area contributed by atoms with E-state index in [1.54, 1.807) is 43.3 Å². The van der Waals surface area contributed by atoms with Gasteiger partial charge in [0.15, 0.2) is 6.10 Å². The number of hydrogen-bond donors (Lipinski definition) is 1. The van der Waals surface area contributed by atoms with Gasteiger partial charge < -0.3 is 14.6 Å². The second kappa shape index (κ2) is 8.47. The van der Waals surface area contributed by atoms with E-state index in [1.165, 1.54) is 0 Å². The third-order valence-corrected chi connectivity index (χ3v) is 3.98. The van der Waals surface area contributed by atoms with Crippen LogP contribution in [0, 0.1) is 6.92 Å².